The number of hydrogen-bond acceptors (Lipinski definition) is 2. The molecule has 1 aliphatic heterocycles. The van der Waals surface area contributed by atoms with Gasteiger partial charge in [-0.2, -0.15) is 0 Å². The third-order valence-electron chi connectivity index (χ3n) is 3.83. The van der Waals surface area contributed by atoms with Gasteiger partial charge in [0.1, 0.15) is 5.78 Å². The molecule has 0 aromatic heterocycles. The van der Waals surface area contributed by atoms with Crippen LogP contribution in [0.1, 0.15) is 84.0 Å². The van der Waals surface area contributed by atoms with Crippen molar-refractivity contribution >= 4 is 5.78 Å². The quantitative estimate of drug-likeness (QED) is 0.530. The first kappa shape index (κ1) is 15.7. The minimum Gasteiger partial charge on any atom is -0.378 e. The smallest absolute Gasteiger partial charge is 0.133 e. The number of Topliss-reactive ketones (excluding diaryl/α,β-unsaturated/α-hetero) is 1. The predicted octanol–water partition coefficient (Wildman–Crippen LogP) is 4.66. The van der Waals surface area contributed by atoms with Crippen LogP contribution in [0.25, 0.3) is 0 Å². The molecule has 2 heteroatoms. The van der Waals surface area contributed by atoms with Crippen LogP contribution in [-0.4, -0.2) is 18.5 Å². The van der Waals surface area contributed by atoms with Crippen LogP contribution >= 0.6 is 0 Å². The van der Waals surface area contributed by atoms with Crippen molar-refractivity contribution in [2.24, 2.45) is 0 Å². The number of unbranched alkanes of at least 4 members (excludes halogenated alkanes) is 5. The van der Waals surface area contributed by atoms with Gasteiger partial charge in [0.05, 0.1) is 6.10 Å². The lowest BCUT2D eigenvalue weighted by Crippen LogP contribution is -2.19. The number of ether oxygens (including phenoxy) is 1. The molecule has 0 saturated carbocycles. The molecule has 1 rings (SSSR count). The van der Waals surface area contributed by atoms with Gasteiger partial charge in [0.25, 0.3) is 0 Å². The number of ketones is 1. The van der Waals surface area contributed by atoms with E-state index in [0.29, 0.717) is 11.9 Å². The summed E-state index contributed by atoms with van der Waals surface area (Å²) in [5, 5.41) is 0. The first-order valence-corrected chi connectivity index (χ1v) is 7.96. The van der Waals surface area contributed by atoms with E-state index in [1.54, 1.807) is 0 Å². The van der Waals surface area contributed by atoms with Gasteiger partial charge in [-0.25, -0.2) is 0 Å². The fourth-order valence-corrected chi connectivity index (χ4v) is 2.58. The average Bonchev–Trinajstić information content (AvgIpc) is 2.41. The third kappa shape index (κ3) is 7.86. The molecule has 0 amide bonds. The Morgan fingerprint density at radius 3 is 2.56 bits per heavy atom. The van der Waals surface area contributed by atoms with Crippen LogP contribution in [0.2, 0.25) is 0 Å². The monoisotopic (exact) mass is 254 g/mol. The molecule has 1 saturated heterocycles. The normalized spacial score (nSPS) is 19.9. The van der Waals surface area contributed by atoms with Gasteiger partial charge in [0, 0.05) is 19.4 Å². The van der Waals surface area contributed by atoms with E-state index in [0.717, 1.165) is 38.7 Å². The van der Waals surface area contributed by atoms with Crippen LogP contribution < -0.4 is 0 Å². The van der Waals surface area contributed by atoms with Crippen LogP contribution in [0.3, 0.4) is 0 Å². The molecular weight excluding hydrogens is 224 g/mol. The summed E-state index contributed by atoms with van der Waals surface area (Å²) in [5.74, 6) is 0.444. The molecule has 0 aromatic carbocycles. The number of hydrogen-bond donors (Lipinski definition) is 0. The summed E-state index contributed by atoms with van der Waals surface area (Å²) in [5.41, 5.74) is 0. The van der Waals surface area contributed by atoms with Crippen LogP contribution in [0.4, 0.5) is 0 Å². The molecular formula is C16H30O2. The summed E-state index contributed by atoms with van der Waals surface area (Å²) < 4.78 is 5.65. The molecule has 0 radical (unpaired) electrons. The van der Waals surface area contributed by atoms with Crippen molar-refractivity contribution < 1.29 is 9.53 Å². The lowest BCUT2D eigenvalue weighted by atomic mass is 10.0. The molecule has 1 fully saturated rings. The maximum absolute atomic E-state index is 11.7. The molecule has 1 aliphatic rings. The maximum Gasteiger partial charge on any atom is 0.133 e. The van der Waals surface area contributed by atoms with E-state index in [2.05, 4.69) is 6.92 Å². The van der Waals surface area contributed by atoms with Gasteiger partial charge in [0.15, 0.2) is 0 Å². The lowest BCUT2D eigenvalue weighted by Gasteiger charge is -2.22. The van der Waals surface area contributed by atoms with Crippen LogP contribution in [0.15, 0.2) is 0 Å². The SMILES string of the molecule is CCCCCCCCC(=O)CCC1CCCCO1. The largest absolute Gasteiger partial charge is 0.378 e. The second kappa shape index (κ2) is 10.5. The topological polar surface area (TPSA) is 26.3 Å². The zero-order valence-corrected chi connectivity index (χ0v) is 12.1. The van der Waals surface area contributed by atoms with Gasteiger partial charge in [-0.3, -0.25) is 4.79 Å². The number of carbonyl (C=O) groups is 1. The molecule has 0 N–H and O–H groups in total. The second-order valence-electron chi connectivity index (χ2n) is 5.58. The van der Waals surface area contributed by atoms with E-state index in [1.807, 2.05) is 0 Å². The number of carbonyl (C=O) groups excluding carboxylic acids is 1. The summed E-state index contributed by atoms with van der Waals surface area (Å²) in [7, 11) is 0. The van der Waals surface area contributed by atoms with E-state index in [4.69, 9.17) is 4.74 Å². The highest BCUT2D eigenvalue weighted by Crippen LogP contribution is 2.18. The molecule has 1 unspecified atom stereocenters. The van der Waals surface area contributed by atoms with Crippen molar-refractivity contribution in [2.45, 2.75) is 90.1 Å². The molecule has 18 heavy (non-hydrogen) atoms. The van der Waals surface area contributed by atoms with Gasteiger partial charge >= 0.3 is 0 Å². The van der Waals surface area contributed by atoms with Gasteiger partial charge in [-0.05, 0) is 32.1 Å². The molecule has 0 aliphatic carbocycles. The fraction of sp³-hybridized carbons (Fsp3) is 0.938. The summed E-state index contributed by atoms with van der Waals surface area (Å²) in [6.45, 7) is 3.13. The van der Waals surface area contributed by atoms with Gasteiger partial charge < -0.3 is 4.74 Å². The fourth-order valence-electron chi connectivity index (χ4n) is 2.58. The van der Waals surface area contributed by atoms with Crippen LogP contribution in [0, 0.1) is 0 Å². The molecule has 0 bridgehead atoms. The van der Waals surface area contributed by atoms with E-state index in [9.17, 15) is 4.79 Å². The predicted molar refractivity (Wildman–Crippen MR) is 75.8 cm³/mol. The van der Waals surface area contributed by atoms with Crippen molar-refractivity contribution in [2.75, 3.05) is 6.61 Å². The van der Waals surface area contributed by atoms with Gasteiger partial charge in [0.2, 0.25) is 0 Å². The van der Waals surface area contributed by atoms with E-state index in [-0.39, 0.29) is 0 Å². The lowest BCUT2D eigenvalue weighted by molar-refractivity contribution is -0.120. The highest BCUT2D eigenvalue weighted by atomic mass is 16.5. The molecule has 0 aromatic rings. The summed E-state index contributed by atoms with van der Waals surface area (Å²) in [6.07, 6.45) is 14.1. The first-order valence-electron chi connectivity index (χ1n) is 7.96. The van der Waals surface area contributed by atoms with Crippen molar-refractivity contribution in [1.82, 2.24) is 0 Å². The van der Waals surface area contributed by atoms with Crippen molar-refractivity contribution in [3.05, 3.63) is 0 Å². The molecule has 1 heterocycles. The average molecular weight is 254 g/mol. The Balaban J connectivity index is 1.90. The summed E-state index contributed by atoms with van der Waals surface area (Å²) >= 11 is 0. The standard InChI is InChI=1S/C16H30O2/c1-2-3-4-5-6-7-10-15(17)12-13-16-11-8-9-14-18-16/h16H,2-14H2,1H3. The highest BCUT2D eigenvalue weighted by molar-refractivity contribution is 5.78. The van der Waals surface area contributed by atoms with Crippen molar-refractivity contribution in [3.63, 3.8) is 0 Å². The minimum atomic E-state index is 0.368. The molecule has 2 nitrogen and oxygen atoms in total. The zero-order chi connectivity index (χ0) is 13.1. The Kier molecular flexibility index (Phi) is 9.19. The van der Waals surface area contributed by atoms with Crippen LogP contribution in [-0.2, 0) is 9.53 Å². The first-order chi connectivity index (χ1) is 8.83. The highest BCUT2D eigenvalue weighted by Gasteiger charge is 2.14. The van der Waals surface area contributed by atoms with E-state index < -0.39 is 0 Å². The third-order valence-corrected chi connectivity index (χ3v) is 3.83. The summed E-state index contributed by atoms with van der Waals surface area (Å²) in [6, 6.07) is 0. The Hall–Kier alpha value is -0.370. The minimum absolute atomic E-state index is 0.368. The van der Waals surface area contributed by atoms with E-state index in [1.165, 1.54) is 44.9 Å². The Bertz CT molecular complexity index is 207. The Morgan fingerprint density at radius 1 is 1.06 bits per heavy atom. The van der Waals surface area contributed by atoms with Gasteiger partial charge in [-0.15, -0.1) is 0 Å². The maximum atomic E-state index is 11.7. The second-order valence-corrected chi connectivity index (χ2v) is 5.58. The Labute approximate surface area is 112 Å². The van der Waals surface area contributed by atoms with Crippen molar-refractivity contribution in [1.29, 1.82) is 0 Å². The van der Waals surface area contributed by atoms with E-state index >= 15 is 0 Å². The molecule has 1 atom stereocenters. The van der Waals surface area contributed by atoms with Gasteiger partial charge in [-0.1, -0.05) is 39.0 Å². The van der Waals surface area contributed by atoms with Crippen molar-refractivity contribution in [3.8, 4) is 0 Å². The number of rotatable bonds is 10. The van der Waals surface area contributed by atoms with Crippen LogP contribution in [0.5, 0.6) is 0 Å². The zero-order valence-electron chi connectivity index (χ0n) is 12.1. The molecule has 106 valence electrons. The Morgan fingerprint density at radius 2 is 1.83 bits per heavy atom. The molecule has 0 spiro atoms. The summed E-state index contributed by atoms with van der Waals surface area (Å²) in [4.78, 5) is 11.7.